The van der Waals surface area contributed by atoms with Gasteiger partial charge in [0.25, 0.3) is 5.91 Å². The predicted molar refractivity (Wildman–Crippen MR) is 122 cm³/mol. The molecule has 1 fully saturated rings. The molecular formula is C24H24FN3O2S. The maximum absolute atomic E-state index is 13.1. The highest BCUT2D eigenvalue weighted by atomic mass is 32.1. The van der Waals surface area contributed by atoms with Crippen LogP contribution in [0.2, 0.25) is 0 Å². The number of rotatable bonds is 7. The molecule has 5 nitrogen and oxygen atoms in total. The lowest BCUT2D eigenvalue weighted by Gasteiger charge is -2.36. The highest BCUT2D eigenvalue weighted by Crippen LogP contribution is 2.19. The number of carbonyl (C=O) groups excluding carboxylic acids is 2. The lowest BCUT2D eigenvalue weighted by molar-refractivity contribution is 0.0937. The van der Waals surface area contributed by atoms with Crippen LogP contribution in [0.1, 0.15) is 25.6 Å². The van der Waals surface area contributed by atoms with Gasteiger partial charge in [0.1, 0.15) is 5.82 Å². The second-order valence-electron chi connectivity index (χ2n) is 7.41. The molecule has 7 heteroatoms. The van der Waals surface area contributed by atoms with Crippen molar-refractivity contribution >= 4 is 28.7 Å². The van der Waals surface area contributed by atoms with Crippen molar-refractivity contribution < 1.29 is 14.0 Å². The van der Waals surface area contributed by atoms with E-state index in [4.69, 9.17) is 0 Å². The largest absolute Gasteiger partial charge is 0.369 e. The summed E-state index contributed by atoms with van der Waals surface area (Å²) in [6, 6.07) is 17.1. The van der Waals surface area contributed by atoms with E-state index in [0.717, 1.165) is 38.4 Å². The number of nitrogens with zero attached hydrogens (tertiary/aromatic N) is 2. The van der Waals surface area contributed by atoms with Crippen LogP contribution in [0.25, 0.3) is 0 Å². The molecule has 0 atom stereocenters. The summed E-state index contributed by atoms with van der Waals surface area (Å²) in [5.74, 6) is -0.583. The van der Waals surface area contributed by atoms with Gasteiger partial charge in [0.2, 0.25) is 5.78 Å². The number of benzene rings is 2. The van der Waals surface area contributed by atoms with Gasteiger partial charge in [-0.25, -0.2) is 4.39 Å². The van der Waals surface area contributed by atoms with Crippen molar-refractivity contribution in [2.75, 3.05) is 44.2 Å². The van der Waals surface area contributed by atoms with Crippen LogP contribution in [-0.4, -0.2) is 55.9 Å². The van der Waals surface area contributed by atoms with E-state index in [1.54, 1.807) is 42.5 Å². The Hall–Kier alpha value is -3.03. The summed E-state index contributed by atoms with van der Waals surface area (Å²) in [5, 5.41) is 4.80. The van der Waals surface area contributed by atoms with Gasteiger partial charge in [-0.3, -0.25) is 14.5 Å². The van der Waals surface area contributed by atoms with Crippen LogP contribution < -0.4 is 10.2 Å². The Kier molecular flexibility index (Phi) is 6.74. The molecule has 31 heavy (non-hydrogen) atoms. The van der Waals surface area contributed by atoms with E-state index in [0.29, 0.717) is 22.5 Å². The molecule has 0 bridgehead atoms. The maximum atomic E-state index is 13.1. The Morgan fingerprint density at radius 3 is 2.29 bits per heavy atom. The molecule has 4 rings (SSSR count). The normalized spacial score (nSPS) is 14.4. The van der Waals surface area contributed by atoms with E-state index < -0.39 is 0 Å². The van der Waals surface area contributed by atoms with Gasteiger partial charge < -0.3 is 10.2 Å². The molecule has 0 unspecified atom stereocenters. The number of carbonyl (C=O) groups is 2. The van der Waals surface area contributed by atoms with Crippen LogP contribution in [0, 0.1) is 5.82 Å². The molecule has 1 amide bonds. The first-order valence-electron chi connectivity index (χ1n) is 10.3. The summed E-state index contributed by atoms with van der Waals surface area (Å²) in [4.78, 5) is 30.6. The molecule has 0 aliphatic carbocycles. The highest BCUT2D eigenvalue weighted by molar-refractivity contribution is 7.12. The van der Waals surface area contributed by atoms with Crippen molar-refractivity contribution in [2.24, 2.45) is 0 Å². The first kappa shape index (κ1) is 21.2. The van der Waals surface area contributed by atoms with Crippen molar-refractivity contribution in [3.63, 3.8) is 0 Å². The fourth-order valence-corrected chi connectivity index (χ4v) is 4.40. The standard InChI is InChI=1S/C24H24FN3O2S/c25-18-7-9-19(10-8-18)28-15-13-27(14-16-28)12-11-26-24(30)21-5-2-1-4-20(21)23(29)22-6-3-17-31-22/h1-10,17H,11-16H2,(H,26,30). The van der Waals surface area contributed by atoms with Crippen LogP contribution >= 0.6 is 11.3 Å². The third kappa shape index (κ3) is 5.18. The van der Waals surface area contributed by atoms with Crippen LogP contribution in [0.3, 0.4) is 0 Å². The van der Waals surface area contributed by atoms with Crippen molar-refractivity contribution in [3.8, 4) is 0 Å². The Morgan fingerprint density at radius 1 is 0.903 bits per heavy atom. The fourth-order valence-electron chi connectivity index (χ4n) is 3.72. The molecule has 0 spiro atoms. The zero-order chi connectivity index (χ0) is 21.6. The SMILES string of the molecule is O=C(NCCN1CCN(c2ccc(F)cc2)CC1)c1ccccc1C(=O)c1cccs1. The molecule has 1 aromatic heterocycles. The molecule has 2 heterocycles. The quantitative estimate of drug-likeness (QED) is 0.573. The third-order valence-corrected chi connectivity index (χ3v) is 6.31. The zero-order valence-electron chi connectivity index (χ0n) is 17.1. The monoisotopic (exact) mass is 437 g/mol. The summed E-state index contributed by atoms with van der Waals surface area (Å²) >= 11 is 1.37. The van der Waals surface area contributed by atoms with E-state index in [1.165, 1.54) is 23.5 Å². The van der Waals surface area contributed by atoms with Gasteiger partial charge in [0, 0.05) is 50.5 Å². The minimum absolute atomic E-state index is 0.127. The number of hydrogen-bond donors (Lipinski definition) is 1. The molecule has 1 N–H and O–H groups in total. The molecule has 0 saturated carbocycles. The van der Waals surface area contributed by atoms with Gasteiger partial charge in [-0.15, -0.1) is 11.3 Å². The van der Waals surface area contributed by atoms with Crippen LogP contribution in [0.5, 0.6) is 0 Å². The van der Waals surface area contributed by atoms with E-state index in [1.807, 2.05) is 11.4 Å². The summed E-state index contributed by atoms with van der Waals surface area (Å²) in [6.45, 7) is 4.72. The number of thiophene rings is 1. The van der Waals surface area contributed by atoms with Gasteiger partial charge in [0.15, 0.2) is 0 Å². The van der Waals surface area contributed by atoms with Crippen molar-refractivity contribution in [2.45, 2.75) is 0 Å². The van der Waals surface area contributed by atoms with E-state index in [2.05, 4.69) is 15.1 Å². The summed E-state index contributed by atoms with van der Waals surface area (Å²) in [5.41, 5.74) is 1.86. The summed E-state index contributed by atoms with van der Waals surface area (Å²) < 4.78 is 13.1. The molecule has 1 aliphatic heterocycles. The Bertz CT molecular complexity index is 1030. The van der Waals surface area contributed by atoms with Gasteiger partial charge in [-0.05, 0) is 41.8 Å². The van der Waals surface area contributed by atoms with Gasteiger partial charge in [-0.2, -0.15) is 0 Å². The van der Waals surface area contributed by atoms with Gasteiger partial charge in [0.05, 0.1) is 10.4 Å². The van der Waals surface area contributed by atoms with Crippen LogP contribution in [0.4, 0.5) is 10.1 Å². The number of piperazine rings is 1. The van der Waals surface area contributed by atoms with Crippen LogP contribution in [-0.2, 0) is 0 Å². The highest BCUT2D eigenvalue weighted by Gasteiger charge is 2.20. The first-order valence-corrected chi connectivity index (χ1v) is 11.2. The van der Waals surface area contributed by atoms with Crippen molar-refractivity contribution in [1.29, 1.82) is 0 Å². The Morgan fingerprint density at radius 2 is 1.61 bits per heavy atom. The molecule has 3 aromatic rings. The maximum Gasteiger partial charge on any atom is 0.252 e. The average Bonchev–Trinajstić information content (AvgIpc) is 3.35. The second-order valence-corrected chi connectivity index (χ2v) is 8.36. The number of amides is 1. The van der Waals surface area contributed by atoms with Gasteiger partial charge >= 0.3 is 0 Å². The molecule has 0 radical (unpaired) electrons. The predicted octanol–water partition coefficient (Wildman–Crippen LogP) is 3.67. The summed E-state index contributed by atoms with van der Waals surface area (Å²) in [6.07, 6.45) is 0. The van der Waals surface area contributed by atoms with Crippen molar-refractivity contribution in [3.05, 3.63) is 87.9 Å². The van der Waals surface area contributed by atoms with E-state index >= 15 is 0 Å². The third-order valence-electron chi connectivity index (χ3n) is 5.44. The first-order chi connectivity index (χ1) is 15.1. The number of anilines is 1. The molecule has 1 aliphatic rings. The smallest absolute Gasteiger partial charge is 0.252 e. The fraction of sp³-hybridized carbons (Fsp3) is 0.250. The molecule has 160 valence electrons. The molecular weight excluding hydrogens is 413 g/mol. The number of hydrogen-bond acceptors (Lipinski definition) is 5. The molecule has 2 aromatic carbocycles. The Balaban J connectivity index is 1.28. The number of halogens is 1. The van der Waals surface area contributed by atoms with E-state index in [-0.39, 0.29) is 17.5 Å². The van der Waals surface area contributed by atoms with Crippen LogP contribution in [0.15, 0.2) is 66.0 Å². The van der Waals surface area contributed by atoms with Gasteiger partial charge in [-0.1, -0.05) is 24.3 Å². The van der Waals surface area contributed by atoms with E-state index in [9.17, 15) is 14.0 Å². The minimum atomic E-state index is -0.231. The average molecular weight is 438 g/mol. The minimum Gasteiger partial charge on any atom is -0.369 e. The molecule has 1 saturated heterocycles. The second kappa shape index (κ2) is 9.85. The lowest BCUT2D eigenvalue weighted by Crippen LogP contribution is -2.48. The topological polar surface area (TPSA) is 52.7 Å². The summed E-state index contributed by atoms with van der Waals surface area (Å²) in [7, 11) is 0. The zero-order valence-corrected chi connectivity index (χ0v) is 17.9. The number of ketones is 1. The number of nitrogens with one attached hydrogen (secondary N) is 1. The van der Waals surface area contributed by atoms with Crippen molar-refractivity contribution in [1.82, 2.24) is 10.2 Å². The Labute approximate surface area is 185 Å². The lowest BCUT2D eigenvalue weighted by atomic mass is 10.0.